The number of carbonyl (C=O) groups is 1. The van der Waals surface area contributed by atoms with E-state index in [0.717, 1.165) is 6.42 Å². The molecule has 0 radical (unpaired) electrons. The van der Waals surface area contributed by atoms with Crippen molar-refractivity contribution in [2.45, 2.75) is 20.3 Å². The molecule has 7 heteroatoms. The summed E-state index contributed by atoms with van der Waals surface area (Å²) >= 11 is 6.28. The third kappa shape index (κ3) is 4.30. The Labute approximate surface area is 139 Å². The zero-order valence-electron chi connectivity index (χ0n) is 13.1. The minimum Gasteiger partial charge on any atom is -0.382 e. The molecule has 0 spiro atoms. The minimum atomic E-state index is -0.346. The van der Waals surface area contributed by atoms with Crippen LogP contribution in [0.15, 0.2) is 24.3 Å². The van der Waals surface area contributed by atoms with E-state index < -0.39 is 0 Å². The average molecular weight is 340 g/mol. The van der Waals surface area contributed by atoms with E-state index in [-0.39, 0.29) is 16.9 Å². The van der Waals surface area contributed by atoms with Gasteiger partial charge >= 0.3 is 0 Å². The van der Waals surface area contributed by atoms with Crippen LogP contribution in [0.3, 0.4) is 0 Å². The average Bonchev–Trinajstić information content (AvgIpc) is 2.82. The van der Waals surface area contributed by atoms with E-state index in [9.17, 15) is 9.18 Å². The van der Waals surface area contributed by atoms with Crippen LogP contribution in [-0.4, -0.2) is 35.4 Å². The van der Waals surface area contributed by atoms with E-state index in [2.05, 4.69) is 10.4 Å². The molecule has 124 valence electrons. The Morgan fingerprint density at radius 3 is 2.74 bits per heavy atom. The summed E-state index contributed by atoms with van der Waals surface area (Å²) in [4.78, 5) is 12.3. The van der Waals surface area contributed by atoms with Crippen molar-refractivity contribution in [3.05, 3.63) is 46.5 Å². The molecule has 1 aromatic heterocycles. The third-order valence-electron chi connectivity index (χ3n) is 3.26. The molecule has 2 aromatic rings. The molecule has 2 rings (SSSR count). The fraction of sp³-hybridized carbons (Fsp3) is 0.375. The van der Waals surface area contributed by atoms with Crippen molar-refractivity contribution >= 4 is 17.5 Å². The predicted octanol–water partition coefficient (Wildman–Crippen LogP) is 3.13. The number of carbonyl (C=O) groups excluding carboxylic acids is 1. The Morgan fingerprint density at radius 1 is 1.39 bits per heavy atom. The Hall–Kier alpha value is -1.92. The maximum absolute atomic E-state index is 13.0. The molecule has 0 saturated carbocycles. The van der Waals surface area contributed by atoms with Gasteiger partial charge in [0.15, 0.2) is 0 Å². The van der Waals surface area contributed by atoms with Crippen LogP contribution in [0.1, 0.15) is 29.4 Å². The molecule has 1 N–H and O–H groups in total. The lowest BCUT2D eigenvalue weighted by Gasteiger charge is -2.06. The number of rotatable bonds is 7. The Balaban J connectivity index is 2.11. The molecule has 0 atom stereocenters. The van der Waals surface area contributed by atoms with Crippen molar-refractivity contribution in [2.75, 3.05) is 19.8 Å². The summed E-state index contributed by atoms with van der Waals surface area (Å²) in [6.07, 6.45) is 0.725. The van der Waals surface area contributed by atoms with Crippen molar-refractivity contribution in [2.24, 2.45) is 0 Å². The first-order valence-electron chi connectivity index (χ1n) is 7.41. The summed E-state index contributed by atoms with van der Waals surface area (Å²) in [5.41, 5.74) is 1.43. The van der Waals surface area contributed by atoms with Gasteiger partial charge in [0, 0.05) is 19.8 Å². The molecule has 0 bridgehead atoms. The zero-order chi connectivity index (χ0) is 16.8. The molecule has 23 heavy (non-hydrogen) atoms. The van der Waals surface area contributed by atoms with Crippen LogP contribution >= 0.6 is 11.6 Å². The number of nitrogens with zero attached hydrogens (tertiary/aromatic N) is 2. The van der Waals surface area contributed by atoms with Gasteiger partial charge in [-0.3, -0.25) is 4.79 Å². The van der Waals surface area contributed by atoms with Gasteiger partial charge < -0.3 is 10.1 Å². The van der Waals surface area contributed by atoms with Gasteiger partial charge in [-0.05, 0) is 44.5 Å². The lowest BCUT2D eigenvalue weighted by Crippen LogP contribution is -2.26. The largest absolute Gasteiger partial charge is 0.382 e. The van der Waals surface area contributed by atoms with E-state index in [1.54, 1.807) is 19.1 Å². The number of amides is 1. The normalized spacial score (nSPS) is 10.8. The summed E-state index contributed by atoms with van der Waals surface area (Å²) in [5, 5.41) is 7.27. The van der Waals surface area contributed by atoms with Gasteiger partial charge in [0.25, 0.3) is 5.91 Å². The number of hydrogen-bond donors (Lipinski definition) is 1. The highest BCUT2D eigenvalue weighted by Gasteiger charge is 2.20. The molecule has 0 aliphatic rings. The Morgan fingerprint density at radius 2 is 2.09 bits per heavy atom. The lowest BCUT2D eigenvalue weighted by atomic mass is 10.2. The monoisotopic (exact) mass is 339 g/mol. The predicted molar refractivity (Wildman–Crippen MR) is 86.7 cm³/mol. The maximum Gasteiger partial charge on any atom is 0.256 e. The summed E-state index contributed by atoms with van der Waals surface area (Å²) in [7, 11) is 0. The first kappa shape index (κ1) is 17.4. The van der Waals surface area contributed by atoms with Gasteiger partial charge in [0.05, 0.1) is 16.9 Å². The summed E-state index contributed by atoms with van der Waals surface area (Å²) in [6, 6.07) is 5.74. The van der Waals surface area contributed by atoms with Gasteiger partial charge in [0.2, 0.25) is 0 Å². The molecular weight excluding hydrogens is 321 g/mol. The number of aryl methyl sites for hydroxylation is 1. The van der Waals surface area contributed by atoms with E-state index in [1.165, 1.54) is 16.8 Å². The summed E-state index contributed by atoms with van der Waals surface area (Å²) in [5.74, 6) is -0.627. The minimum absolute atomic E-state index is 0.205. The molecule has 1 aromatic carbocycles. The highest BCUT2D eigenvalue weighted by Crippen LogP contribution is 2.23. The van der Waals surface area contributed by atoms with Crippen LogP contribution in [0, 0.1) is 12.7 Å². The highest BCUT2D eigenvalue weighted by molar-refractivity contribution is 6.33. The van der Waals surface area contributed by atoms with Gasteiger partial charge in [0.1, 0.15) is 11.0 Å². The molecule has 0 aliphatic carbocycles. The van der Waals surface area contributed by atoms with Crippen molar-refractivity contribution in [1.29, 1.82) is 0 Å². The van der Waals surface area contributed by atoms with Gasteiger partial charge in [-0.1, -0.05) is 11.6 Å². The zero-order valence-corrected chi connectivity index (χ0v) is 13.9. The van der Waals surface area contributed by atoms with Crippen molar-refractivity contribution in [3.8, 4) is 5.69 Å². The van der Waals surface area contributed by atoms with E-state index in [4.69, 9.17) is 16.3 Å². The number of nitrogens with one attached hydrogen (secondary N) is 1. The van der Waals surface area contributed by atoms with Crippen molar-refractivity contribution < 1.29 is 13.9 Å². The number of hydrogen-bond acceptors (Lipinski definition) is 3. The van der Waals surface area contributed by atoms with E-state index in [1.807, 2.05) is 6.92 Å². The van der Waals surface area contributed by atoms with Gasteiger partial charge in [-0.25, -0.2) is 9.07 Å². The fourth-order valence-corrected chi connectivity index (χ4v) is 2.48. The molecule has 5 nitrogen and oxygen atoms in total. The molecule has 1 amide bonds. The van der Waals surface area contributed by atoms with Crippen molar-refractivity contribution in [1.82, 2.24) is 15.1 Å². The fourth-order valence-electron chi connectivity index (χ4n) is 2.12. The van der Waals surface area contributed by atoms with Crippen LogP contribution in [0.5, 0.6) is 0 Å². The summed E-state index contributed by atoms with van der Waals surface area (Å²) < 4.78 is 19.6. The molecular formula is C16H19ClFN3O2. The standard InChI is InChI=1S/C16H19ClFN3O2/c1-3-23-10-4-9-19-16(22)14-11(2)20-21(15(14)17)13-7-5-12(18)6-8-13/h5-8H,3-4,9-10H2,1-2H3,(H,19,22). The first-order valence-corrected chi connectivity index (χ1v) is 7.79. The number of aromatic nitrogens is 2. The first-order chi connectivity index (χ1) is 11.0. The second kappa shape index (κ2) is 8.08. The topological polar surface area (TPSA) is 56.1 Å². The highest BCUT2D eigenvalue weighted by atomic mass is 35.5. The number of ether oxygens (including phenoxy) is 1. The summed E-state index contributed by atoms with van der Waals surface area (Å²) in [6.45, 7) is 5.38. The molecule has 1 heterocycles. The van der Waals surface area contributed by atoms with Gasteiger partial charge in [-0.15, -0.1) is 0 Å². The molecule has 0 aliphatic heterocycles. The quantitative estimate of drug-likeness (QED) is 0.788. The molecule has 0 fully saturated rings. The van der Waals surface area contributed by atoms with E-state index >= 15 is 0 Å². The van der Waals surface area contributed by atoms with E-state index in [0.29, 0.717) is 36.7 Å². The van der Waals surface area contributed by atoms with Crippen molar-refractivity contribution in [3.63, 3.8) is 0 Å². The second-order valence-electron chi connectivity index (χ2n) is 4.95. The molecule has 0 unspecified atom stereocenters. The SMILES string of the molecule is CCOCCCNC(=O)c1c(C)nn(-c2ccc(F)cc2)c1Cl. The lowest BCUT2D eigenvalue weighted by molar-refractivity contribution is 0.0944. The van der Waals surface area contributed by atoms with Crippen LogP contribution in [-0.2, 0) is 4.74 Å². The second-order valence-corrected chi connectivity index (χ2v) is 5.30. The van der Waals surface area contributed by atoms with Crippen LogP contribution < -0.4 is 5.32 Å². The van der Waals surface area contributed by atoms with Gasteiger partial charge in [-0.2, -0.15) is 5.10 Å². The van der Waals surface area contributed by atoms with Crippen LogP contribution in [0.4, 0.5) is 4.39 Å². The van der Waals surface area contributed by atoms with Crippen LogP contribution in [0.25, 0.3) is 5.69 Å². The smallest absolute Gasteiger partial charge is 0.256 e. The van der Waals surface area contributed by atoms with Crippen LogP contribution in [0.2, 0.25) is 5.15 Å². The Bertz CT molecular complexity index is 671. The number of benzene rings is 1. The maximum atomic E-state index is 13.0. The number of halogens is 2. The molecule has 0 saturated heterocycles. The third-order valence-corrected chi connectivity index (χ3v) is 3.61. The Kier molecular flexibility index (Phi) is 6.12.